The van der Waals surface area contributed by atoms with Crippen LogP contribution in [0.3, 0.4) is 0 Å². The summed E-state index contributed by atoms with van der Waals surface area (Å²) in [5, 5.41) is 3.01. The molecule has 0 radical (unpaired) electrons. The van der Waals surface area contributed by atoms with E-state index in [4.69, 9.17) is 0 Å². The fourth-order valence-corrected chi connectivity index (χ4v) is 5.15. The molecule has 1 atom stereocenters. The quantitative estimate of drug-likeness (QED) is 0.521. The minimum atomic E-state index is -3.92. The highest BCUT2D eigenvalue weighted by Crippen LogP contribution is 2.26. The van der Waals surface area contributed by atoms with Gasteiger partial charge < -0.3 is 5.32 Å². The van der Waals surface area contributed by atoms with Crippen molar-refractivity contribution >= 4 is 21.6 Å². The molecule has 32 heavy (non-hydrogen) atoms. The van der Waals surface area contributed by atoms with Crippen molar-refractivity contribution in [2.45, 2.75) is 45.1 Å². The summed E-state index contributed by atoms with van der Waals surface area (Å²) in [6.07, 6.45) is 0.698. The first-order chi connectivity index (χ1) is 15.2. The van der Waals surface area contributed by atoms with E-state index < -0.39 is 10.0 Å². The third-order valence-electron chi connectivity index (χ3n) is 5.34. The first-order valence-electron chi connectivity index (χ1n) is 10.7. The van der Waals surface area contributed by atoms with E-state index in [2.05, 4.69) is 5.32 Å². The van der Waals surface area contributed by atoms with Crippen LogP contribution in [0.15, 0.2) is 77.7 Å². The lowest BCUT2D eigenvalue weighted by Crippen LogP contribution is -2.42. The highest BCUT2D eigenvalue weighted by atomic mass is 32.2. The zero-order valence-corrected chi connectivity index (χ0v) is 19.8. The van der Waals surface area contributed by atoms with E-state index in [1.165, 1.54) is 4.31 Å². The maximum Gasteiger partial charge on any atom is 0.264 e. The van der Waals surface area contributed by atoms with Crippen LogP contribution in [0.5, 0.6) is 0 Å². The van der Waals surface area contributed by atoms with Crippen molar-refractivity contribution in [3.05, 3.63) is 95.1 Å². The summed E-state index contributed by atoms with van der Waals surface area (Å²) in [4.78, 5) is 13.2. The number of carbonyl (C=O) groups excluding carboxylic acids is 1. The second kappa shape index (κ2) is 10.0. The molecule has 0 aliphatic rings. The van der Waals surface area contributed by atoms with E-state index in [0.29, 0.717) is 12.1 Å². The molecular weight excluding hydrogens is 420 g/mol. The van der Waals surface area contributed by atoms with E-state index in [9.17, 15) is 13.2 Å². The van der Waals surface area contributed by atoms with Gasteiger partial charge in [-0.1, -0.05) is 61.0 Å². The monoisotopic (exact) mass is 450 g/mol. The van der Waals surface area contributed by atoms with Crippen molar-refractivity contribution in [1.82, 2.24) is 5.32 Å². The number of nitrogens with zero attached hydrogens (tertiary/aromatic N) is 1. The summed E-state index contributed by atoms with van der Waals surface area (Å²) in [5.41, 5.74) is 4.48. The molecule has 1 N–H and O–H groups in total. The summed E-state index contributed by atoms with van der Waals surface area (Å²) in [5.74, 6) is -0.351. The first-order valence-corrected chi connectivity index (χ1v) is 12.2. The van der Waals surface area contributed by atoms with E-state index in [-0.39, 0.29) is 23.4 Å². The Bertz CT molecular complexity index is 1150. The van der Waals surface area contributed by atoms with E-state index in [1.807, 2.05) is 58.0 Å². The smallest absolute Gasteiger partial charge is 0.264 e. The van der Waals surface area contributed by atoms with E-state index >= 15 is 0 Å². The van der Waals surface area contributed by atoms with Crippen LogP contribution in [0, 0.1) is 20.8 Å². The second-order valence-corrected chi connectivity index (χ2v) is 9.97. The van der Waals surface area contributed by atoms with Gasteiger partial charge in [-0.25, -0.2) is 8.42 Å². The third kappa shape index (κ3) is 5.56. The number of benzene rings is 3. The number of hydrogen-bond donors (Lipinski definition) is 1. The maximum atomic E-state index is 13.5. The molecule has 0 fully saturated rings. The molecule has 0 saturated carbocycles. The summed E-state index contributed by atoms with van der Waals surface area (Å²) >= 11 is 0. The number of carbonyl (C=O) groups is 1. The minimum Gasteiger partial charge on any atom is -0.348 e. The van der Waals surface area contributed by atoms with Gasteiger partial charge in [0.1, 0.15) is 6.54 Å². The van der Waals surface area contributed by atoms with E-state index in [1.54, 1.807) is 42.5 Å². The standard InChI is InChI=1S/C26H30N2O3S/c1-5-25(22-13-11-19(2)12-14-22)27-26(29)18-28(23-16-20(3)15-21(4)17-23)32(30,31)24-9-7-6-8-10-24/h6-17,25H,5,18H2,1-4H3,(H,27,29)/t25-/m0/s1. The molecule has 0 spiro atoms. The van der Waals surface area contributed by atoms with Gasteiger partial charge in [0.25, 0.3) is 10.0 Å². The van der Waals surface area contributed by atoms with Crippen molar-refractivity contribution in [1.29, 1.82) is 0 Å². The van der Waals surface area contributed by atoms with Crippen LogP contribution in [0.4, 0.5) is 5.69 Å². The fraction of sp³-hybridized carbons (Fsp3) is 0.269. The first kappa shape index (κ1) is 23.5. The number of sulfonamides is 1. The number of anilines is 1. The molecule has 0 heterocycles. The van der Waals surface area contributed by atoms with Crippen molar-refractivity contribution in [2.24, 2.45) is 0 Å². The highest BCUT2D eigenvalue weighted by Gasteiger charge is 2.28. The van der Waals surface area contributed by atoms with Crippen molar-refractivity contribution < 1.29 is 13.2 Å². The van der Waals surface area contributed by atoms with Crippen LogP contribution < -0.4 is 9.62 Å². The average Bonchev–Trinajstić information content (AvgIpc) is 2.76. The number of hydrogen-bond acceptors (Lipinski definition) is 3. The maximum absolute atomic E-state index is 13.5. The molecule has 0 unspecified atom stereocenters. The predicted octanol–water partition coefficient (Wildman–Crippen LogP) is 5.07. The number of rotatable bonds is 8. The van der Waals surface area contributed by atoms with Gasteiger partial charge in [0, 0.05) is 0 Å². The highest BCUT2D eigenvalue weighted by molar-refractivity contribution is 7.92. The largest absolute Gasteiger partial charge is 0.348 e. The molecule has 0 aromatic heterocycles. The fourth-order valence-electron chi connectivity index (χ4n) is 3.72. The van der Waals surface area contributed by atoms with Gasteiger partial charge in [-0.2, -0.15) is 0 Å². The molecule has 3 aromatic carbocycles. The average molecular weight is 451 g/mol. The summed E-state index contributed by atoms with van der Waals surface area (Å²) < 4.78 is 28.2. The van der Waals surface area contributed by atoms with Crippen molar-refractivity contribution in [2.75, 3.05) is 10.8 Å². The second-order valence-electron chi connectivity index (χ2n) is 8.11. The molecule has 5 nitrogen and oxygen atoms in total. The van der Waals surface area contributed by atoms with E-state index in [0.717, 1.165) is 22.3 Å². The van der Waals surface area contributed by atoms with Crippen LogP contribution in [0.2, 0.25) is 0 Å². The van der Waals surface area contributed by atoms with Gasteiger partial charge in [0.2, 0.25) is 5.91 Å². The third-order valence-corrected chi connectivity index (χ3v) is 7.12. The Morgan fingerprint density at radius 1 is 0.875 bits per heavy atom. The Labute approximate surface area is 191 Å². The molecule has 1 amide bonds. The van der Waals surface area contributed by atoms with Crippen LogP contribution >= 0.6 is 0 Å². The lowest BCUT2D eigenvalue weighted by molar-refractivity contribution is -0.120. The Morgan fingerprint density at radius 2 is 1.47 bits per heavy atom. The number of aryl methyl sites for hydroxylation is 3. The van der Waals surface area contributed by atoms with Crippen molar-refractivity contribution in [3.8, 4) is 0 Å². The van der Waals surface area contributed by atoms with Gasteiger partial charge in [-0.15, -0.1) is 0 Å². The molecule has 0 aliphatic carbocycles. The number of amides is 1. The number of nitrogens with one attached hydrogen (secondary N) is 1. The molecule has 168 valence electrons. The lowest BCUT2D eigenvalue weighted by Gasteiger charge is -2.26. The summed E-state index contributed by atoms with van der Waals surface area (Å²) in [6.45, 7) is 7.53. The van der Waals surface area contributed by atoms with Crippen LogP contribution in [-0.2, 0) is 14.8 Å². The molecule has 3 aromatic rings. The zero-order chi connectivity index (χ0) is 23.3. The lowest BCUT2D eigenvalue weighted by atomic mass is 10.0. The Balaban J connectivity index is 1.93. The summed E-state index contributed by atoms with van der Waals surface area (Å²) in [7, 11) is -3.92. The molecular formula is C26H30N2O3S. The predicted molar refractivity (Wildman–Crippen MR) is 129 cm³/mol. The van der Waals surface area contributed by atoms with Gasteiger partial charge >= 0.3 is 0 Å². The minimum absolute atomic E-state index is 0.150. The molecule has 0 bridgehead atoms. The SMILES string of the molecule is CC[C@H](NC(=O)CN(c1cc(C)cc(C)c1)S(=O)(=O)c1ccccc1)c1ccc(C)cc1. The van der Waals surface area contributed by atoms with Gasteiger partial charge in [0.05, 0.1) is 16.6 Å². The van der Waals surface area contributed by atoms with Crippen molar-refractivity contribution in [3.63, 3.8) is 0 Å². The van der Waals surface area contributed by atoms with Gasteiger partial charge in [0.15, 0.2) is 0 Å². The van der Waals surface area contributed by atoms with Crippen LogP contribution in [0.1, 0.15) is 41.6 Å². The summed E-state index contributed by atoms with van der Waals surface area (Å²) in [6, 6.07) is 21.6. The van der Waals surface area contributed by atoms with Gasteiger partial charge in [-0.3, -0.25) is 9.10 Å². The molecule has 3 rings (SSSR count). The Hall–Kier alpha value is -3.12. The zero-order valence-electron chi connectivity index (χ0n) is 19.0. The Kier molecular flexibility index (Phi) is 7.36. The molecule has 0 saturated heterocycles. The van der Waals surface area contributed by atoms with Crippen LogP contribution in [-0.4, -0.2) is 20.9 Å². The van der Waals surface area contributed by atoms with Crippen LogP contribution in [0.25, 0.3) is 0 Å². The Morgan fingerprint density at radius 3 is 2.03 bits per heavy atom. The normalized spacial score (nSPS) is 12.2. The topological polar surface area (TPSA) is 66.5 Å². The molecule has 6 heteroatoms. The van der Waals surface area contributed by atoms with Gasteiger partial charge in [-0.05, 0) is 68.1 Å². The molecule has 0 aliphatic heterocycles.